The summed E-state index contributed by atoms with van der Waals surface area (Å²) in [4.78, 5) is 29.8. The van der Waals surface area contributed by atoms with Gasteiger partial charge in [-0.2, -0.15) is 0 Å². The Balaban J connectivity index is 2.19. The summed E-state index contributed by atoms with van der Waals surface area (Å²) in [6.45, 7) is 2.34. The van der Waals surface area contributed by atoms with Crippen LogP contribution in [-0.2, 0) is 9.53 Å². The molecule has 114 valence electrons. The minimum atomic E-state index is -0.322. The molecule has 2 aromatic rings. The van der Waals surface area contributed by atoms with Crippen LogP contribution in [-0.4, -0.2) is 30.0 Å². The minimum Gasteiger partial charge on any atom is -0.466 e. The van der Waals surface area contributed by atoms with E-state index in [4.69, 9.17) is 4.74 Å². The highest BCUT2D eigenvalue weighted by Gasteiger charge is 2.19. The molecule has 5 heteroatoms. The van der Waals surface area contributed by atoms with E-state index in [1.54, 1.807) is 36.2 Å². The Bertz CT molecular complexity index is 614. The van der Waals surface area contributed by atoms with Crippen LogP contribution in [0.15, 0.2) is 54.7 Å². The lowest BCUT2D eigenvalue weighted by Crippen LogP contribution is -2.33. The Morgan fingerprint density at radius 2 is 1.82 bits per heavy atom. The topological polar surface area (TPSA) is 59.5 Å². The lowest BCUT2D eigenvalue weighted by Gasteiger charge is -2.22. The third kappa shape index (κ3) is 4.15. The molecule has 0 N–H and O–H groups in total. The van der Waals surface area contributed by atoms with Gasteiger partial charge in [-0.05, 0) is 31.2 Å². The first-order valence-electron chi connectivity index (χ1n) is 7.16. The molecule has 2 rings (SSSR count). The van der Waals surface area contributed by atoms with Crippen molar-refractivity contribution in [2.24, 2.45) is 0 Å². The number of carbonyl (C=O) groups is 2. The fraction of sp³-hybridized carbons (Fsp3) is 0.235. The molecule has 1 aromatic carbocycles. The van der Waals surface area contributed by atoms with Gasteiger partial charge in [0.15, 0.2) is 0 Å². The van der Waals surface area contributed by atoms with Crippen LogP contribution in [0.1, 0.15) is 23.8 Å². The number of ether oxygens (including phenoxy) is 1. The summed E-state index contributed by atoms with van der Waals surface area (Å²) < 4.78 is 4.92. The summed E-state index contributed by atoms with van der Waals surface area (Å²) >= 11 is 0. The Kier molecular flexibility index (Phi) is 5.65. The van der Waals surface area contributed by atoms with Crippen molar-refractivity contribution in [1.29, 1.82) is 0 Å². The molecule has 0 fully saturated rings. The minimum absolute atomic E-state index is 0.140. The van der Waals surface area contributed by atoms with Gasteiger partial charge in [-0.3, -0.25) is 14.6 Å². The van der Waals surface area contributed by atoms with Crippen LogP contribution in [0.5, 0.6) is 0 Å². The van der Waals surface area contributed by atoms with Crippen molar-refractivity contribution in [2.45, 2.75) is 13.3 Å². The number of esters is 1. The summed E-state index contributed by atoms with van der Waals surface area (Å²) in [7, 11) is 0. The molecule has 0 aliphatic rings. The first-order valence-corrected chi connectivity index (χ1v) is 7.16. The number of aromatic nitrogens is 1. The molecule has 0 saturated carbocycles. The number of anilines is 1. The zero-order valence-corrected chi connectivity index (χ0v) is 12.4. The van der Waals surface area contributed by atoms with Crippen LogP contribution in [0.25, 0.3) is 0 Å². The number of hydrogen-bond donors (Lipinski definition) is 0. The van der Waals surface area contributed by atoms with Gasteiger partial charge in [-0.1, -0.05) is 24.3 Å². The Labute approximate surface area is 129 Å². The van der Waals surface area contributed by atoms with Gasteiger partial charge in [0, 0.05) is 18.4 Å². The largest absolute Gasteiger partial charge is 0.466 e. The first-order chi connectivity index (χ1) is 10.7. The molecule has 1 amide bonds. The highest BCUT2D eigenvalue weighted by atomic mass is 16.5. The smallest absolute Gasteiger partial charge is 0.307 e. The number of para-hydroxylation sites is 1. The molecular weight excluding hydrogens is 280 g/mol. The third-order valence-electron chi connectivity index (χ3n) is 3.04. The maximum atomic E-state index is 12.6. The van der Waals surface area contributed by atoms with Crippen molar-refractivity contribution in [2.75, 3.05) is 18.1 Å². The first kappa shape index (κ1) is 15.7. The number of nitrogens with zero attached hydrogens (tertiary/aromatic N) is 2. The summed E-state index contributed by atoms with van der Waals surface area (Å²) in [5.74, 6) is -0.562. The van der Waals surface area contributed by atoms with Crippen LogP contribution in [0, 0.1) is 0 Å². The molecule has 0 atom stereocenters. The quantitative estimate of drug-likeness (QED) is 0.769. The average molecular weight is 298 g/mol. The molecule has 0 saturated heterocycles. The molecule has 1 heterocycles. The van der Waals surface area contributed by atoms with E-state index in [0.29, 0.717) is 12.3 Å². The maximum absolute atomic E-state index is 12.6. The van der Waals surface area contributed by atoms with E-state index in [1.807, 2.05) is 30.3 Å². The van der Waals surface area contributed by atoms with Gasteiger partial charge < -0.3 is 9.64 Å². The monoisotopic (exact) mass is 298 g/mol. The van der Waals surface area contributed by atoms with Gasteiger partial charge in [-0.15, -0.1) is 0 Å². The SMILES string of the molecule is CCOC(=O)CCN(C(=O)c1ccccn1)c1ccccc1. The lowest BCUT2D eigenvalue weighted by molar-refractivity contribution is -0.142. The second-order valence-electron chi connectivity index (χ2n) is 4.56. The fourth-order valence-corrected chi connectivity index (χ4v) is 2.02. The Morgan fingerprint density at radius 3 is 2.45 bits per heavy atom. The van der Waals surface area contributed by atoms with Crippen molar-refractivity contribution >= 4 is 17.6 Å². The molecule has 0 aliphatic carbocycles. The van der Waals surface area contributed by atoms with Gasteiger partial charge in [0.2, 0.25) is 0 Å². The van der Waals surface area contributed by atoms with Crippen LogP contribution in [0.3, 0.4) is 0 Å². The van der Waals surface area contributed by atoms with Gasteiger partial charge >= 0.3 is 5.97 Å². The molecular formula is C17H18N2O3. The van der Waals surface area contributed by atoms with Crippen LogP contribution in [0.4, 0.5) is 5.69 Å². The number of benzene rings is 1. The molecule has 0 aliphatic heterocycles. The number of carbonyl (C=O) groups excluding carboxylic acids is 2. The highest BCUT2D eigenvalue weighted by molar-refractivity contribution is 6.04. The van der Waals surface area contributed by atoms with Crippen molar-refractivity contribution in [3.8, 4) is 0 Å². The molecule has 0 spiro atoms. The van der Waals surface area contributed by atoms with Crippen LogP contribution in [0.2, 0.25) is 0 Å². The predicted molar refractivity (Wildman–Crippen MR) is 83.6 cm³/mol. The zero-order chi connectivity index (χ0) is 15.8. The second kappa shape index (κ2) is 7.93. The molecule has 22 heavy (non-hydrogen) atoms. The van der Waals surface area contributed by atoms with Gasteiger partial charge in [0.05, 0.1) is 13.0 Å². The van der Waals surface area contributed by atoms with Crippen molar-refractivity contribution < 1.29 is 14.3 Å². The number of hydrogen-bond acceptors (Lipinski definition) is 4. The summed E-state index contributed by atoms with van der Waals surface area (Å²) in [6.07, 6.45) is 1.71. The number of amides is 1. The van der Waals surface area contributed by atoms with Crippen molar-refractivity contribution in [3.63, 3.8) is 0 Å². The molecule has 0 radical (unpaired) electrons. The molecule has 1 aromatic heterocycles. The third-order valence-corrected chi connectivity index (χ3v) is 3.04. The fourth-order valence-electron chi connectivity index (χ4n) is 2.02. The van der Waals surface area contributed by atoms with E-state index in [1.165, 1.54) is 0 Å². The van der Waals surface area contributed by atoms with E-state index in [9.17, 15) is 9.59 Å². The Hall–Kier alpha value is -2.69. The summed E-state index contributed by atoms with van der Waals surface area (Å²) in [6, 6.07) is 14.4. The summed E-state index contributed by atoms with van der Waals surface area (Å²) in [5, 5.41) is 0. The lowest BCUT2D eigenvalue weighted by atomic mass is 10.2. The number of rotatable bonds is 6. The maximum Gasteiger partial charge on any atom is 0.307 e. The highest BCUT2D eigenvalue weighted by Crippen LogP contribution is 2.16. The van der Waals surface area contributed by atoms with Gasteiger partial charge in [0.25, 0.3) is 5.91 Å². The van der Waals surface area contributed by atoms with E-state index in [0.717, 1.165) is 5.69 Å². The second-order valence-corrected chi connectivity index (χ2v) is 4.56. The molecule has 5 nitrogen and oxygen atoms in total. The van der Waals surface area contributed by atoms with E-state index in [-0.39, 0.29) is 24.8 Å². The van der Waals surface area contributed by atoms with Crippen LogP contribution < -0.4 is 4.90 Å². The summed E-state index contributed by atoms with van der Waals surface area (Å²) in [5.41, 5.74) is 1.07. The van der Waals surface area contributed by atoms with E-state index < -0.39 is 0 Å². The molecule has 0 unspecified atom stereocenters. The predicted octanol–water partition coefficient (Wildman–Crippen LogP) is 2.68. The van der Waals surface area contributed by atoms with Gasteiger partial charge in [0.1, 0.15) is 5.69 Å². The average Bonchev–Trinajstić information content (AvgIpc) is 2.57. The van der Waals surface area contributed by atoms with Crippen LogP contribution >= 0.6 is 0 Å². The van der Waals surface area contributed by atoms with Crippen molar-refractivity contribution in [3.05, 3.63) is 60.4 Å². The van der Waals surface area contributed by atoms with E-state index in [2.05, 4.69) is 4.98 Å². The number of pyridine rings is 1. The standard InChI is InChI=1S/C17H18N2O3/c1-2-22-16(20)11-13-19(14-8-4-3-5-9-14)17(21)15-10-6-7-12-18-15/h3-10,12H,2,11,13H2,1H3. The molecule has 0 bridgehead atoms. The van der Waals surface area contributed by atoms with Gasteiger partial charge in [-0.25, -0.2) is 0 Å². The normalized spacial score (nSPS) is 10.0. The van der Waals surface area contributed by atoms with E-state index >= 15 is 0 Å². The van der Waals surface area contributed by atoms with Crippen molar-refractivity contribution in [1.82, 2.24) is 4.98 Å². The Morgan fingerprint density at radius 1 is 1.09 bits per heavy atom. The zero-order valence-electron chi connectivity index (χ0n) is 12.4.